The number of hydrogen-bond acceptors (Lipinski definition) is 5. The lowest BCUT2D eigenvalue weighted by molar-refractivity contribution is -0.117. The first-order chi connectivity index (χ1) is 19.2. The summed E-state index contributed by atoms with van der Waals surface area (Å²) >= 11 is 0. The first-order valence-electron chi connectivity index (χ1n) is 13.2. The second-order valence-electron chi connectivity index (χ2n) is 10.5. The van der Waals surface area contributed by atoms with Gasteiger partial charge in [-0.05, 0) is 47.5 Å². The van der Waals surface area contributed by atoms with Gasteiger partial charge in [-0.15, -0.1) is 0 Å². The van der Waals surface area contributed by atoms with Crippen molar-refractivity contribution in [3.8, 4) is 22.6 Å². The van der Waals surface area contributed by atoms with Gasteiger partial charge in [0.2, 0.25) is 5.91 Å². The summed E-state index contributed by atoms with van der Waals surface area (Å²) in [6, 6.07) is 26.7. The highest BCUT2D eigenvalue weighted by Crippen LogP contribution is 2.27. The molecule has 1 aromatic heterocycles. The molecule has 0 aliphatic heterocycles. The van der Waals surface area contributed by atoms with Gasteiger partial charge in [-0.25, -0.2) is 4.68 Å². The van der Waals surface area contributed by atoms with Crippen LogP contribution in [0.25, 0.3) is 16.8 Å². The minimum Gasteiger partial charge on any atom is -0.497 e. The van der Waals surface area contributed by atoms with Crippen molar-refractivity contribution in [2.45, 2.75) is 26.2 Å². The lowest BCUT2D eigenvalue weighted by Gasteiger charge is -2.22. The molecule has 0 aliphatic rings. The van der Waals surface area contributed by atoms with Crippen LogP contribution in [0, 0.1) is 0 Å². The average Bonchev–Trinajstić information content (AvgIpc) is 3.39. The molecule has 208 valence electrons. The maximum atomic E-state index is 13.4. The highest BCUT2D eigenvalue weighted by Gasteiger charge is 2.23. The molecule has 1 N–H and O–H groups in total. The highest BCUT2D eigenvalue weighted by molar-refractivity contribution is 5.99. The normalized spacial score (nSPS) is 11.2. The Morgan fingerprint density at radius 3 is 2.15 bits per heavy atom. The van der Waals surface area contributed by atoms with Gasteiger partial charge in [-0.1, -0.05) is 63.2 Å². The van der Waals surface area contributed by atoms with Gasteiger partial charge in [-0.2, -0.15) is 5.10 Å². The highest BCUT2D eigenvalue weighted by atomic mass is 16.5. The Morgan fingerprint density at radius 1 is 0.900 bits per heavy atom. The second kappa shape index (κ2) is 12.6. The molecular weight excluding hydrogens is 504 g/mol. The number of nitrogens with zero attached hydrogens (tertiary/aromatic N) is 3. The van der Waals surface area contributed by atoms with E-state index in [0.29, 0.717) is 18.0 Å². The molecule has 0 bridgehead atoms. The molecule has 8 heteroatoms. The number of benzene rings is 3. The maximum Gasteiger partial charge on any atom is 0.254 e. The summed E-state index contributed by atoms with van der Waals surface area (Å²) in [6.45, 7) is 6.63. The summed E-state index contributed by atoms with van der Waals surface area (Å²) in [5.74, 6) is 0.666. The van der Waals surface area contributed by atoms with E-state index in [2.05, 4.69) is 26.1 Å². The van der Waals surface area contributed by atoms with Crippen LogP contribution in [0.5, 0.6) is 5.75 Å². The van der Waals surface area contributed by atoms with Gasteiger partial charge in [0.1, 0.15) is 18.1 Å². The van der Waals surface area contributed by atoms with Crippen LogP contribution in [-0.2, 0) is 14.9 Å². The van der Waals surface area contributed by atoms with Crippen molar-refractivity contribution in [3.05, 3.63) is 96.2 Å². The summed E-state index contributed by atoms with van der Waals surface area (Å²) in [5.41, 5.74) is 3.95. The van der Waals surface area contributed by atoms with E-state index in [-0.39, 0.29) is 30.3 Å². The third kappa shape index (κ3) is 6.95. The molecule has 0 unspecified atom stereocenters. The zero-order valence-corrected chi connectivity index (χ0v) is 23.7. The molecule has 0 aliphatic carbocycles. The molecule has 0 radical (unpaired) electrons. The molecule has 2 amide bonds. The monoisotopic (exact) mass is 540 g/mol. The standard InChI is InChI=1S/C32H36N4O4/c1-32(2,3)28-21-29(36(34-28)26-15-17-27(40-5)18-16-26)33-30(37)22-35(19-20-39-4)31(38)25-13-11-24(12-14-25)23-9-7-6-8-10-23/h6-18,21H,19-20,22H2,1-5H3,(H,33,37). The molecule has 40 heavy (non-hydrogen) atoms. The molecule has 4 rings (SSSR count). The second-order valence-corrected chi connectivity index (χ2v) is 10.5. The Labute approximate surface area is 235 Å². The fourth-order valence-electron chi connectivity index (χ4n) is 4.18. The summed E-state index contributed by atoms with van der Waals surface area (Å²) in [7, 11) is 3.18. The molecule has 0 saturated heterocycles. The minimum absolute atomic E-state index is 0.138. The predicted molar refractivity (Wildman–Crippen MR) is 157 cm³/mol. The van der Waals surface area contributed by atoms with Gasteiger partial charge in [0.15, 0.2) is 0 Å². The minimum atomic E-state index is -0.333. The number of amides is 2. The Hall–Kier alpha value is -4.43. The molecule has 0 saturated carbocycles. The first kappa shape index (κ1) is 28.6. The van der Waals surface area contributed by atoms with Crippen LogP contribution in [0.2, 0.25) is 0 Å². The van der Waals surface area contributed by atoms with Crippen molar-refractivity contribution in [3.63, 3.8) is 0 Å². The van der Waals surface area contributed by atoms with E-state index in [1.165, 1.54) is 4.90 Å². The van der Waals surface area contributed by atoms with E-state index in [0.717, 1.165) is 28.3 Å². The zero-order valence-electron chi connectivity index (χ0n) is 23.7. The van der Waals surface area contributed by atoms with E-state index >= 15 is 0 Å². The third-order valence-corrected chi connectivity index (χ3v) is 6.49. The molecule has 0 fully saturated rings. The van der Waals surface area contributed by atoms with Gasteiger partial charge in [-0.3, -0.25) is 9.59 Å². The Bertz CT molecular complexity index is 1420. The number of ether oxygens (including phenoxy) is 2. The number of nitrogens with one attached hydrogen (secondary N) is 1. The van der Waals surface area contributed by atoms with Crippen LogP contribution in [-0.4, -0.2) is 60.4 Å². The quantitative estimate of drug-likeness (QED) is 0.284. The van der Waals surface area contributed by atoms with E-state index in [1.807, 2.05) is 72.8 Å². The van der Waals surface area contributed by atoms with Crippen molar-refractivity contribution in [1.82, 2.24) is 14.7 Å². The summed E-state index contributed by atoms with van der Waals surface area (Å²) in [5, 5.41) is 7.74. The number of methoxy groups -OCH3 is 2. The average molecular weight is 541 g/mol. The smallest absolute Gasteiger partial charge is 0.254 e. The summed E-state index contributed by atoms with van der Waals surface area (Å²) in [6.07, 6.45) is 0. The Morgan fingerprint density at radius 2 is 1.55 bits per heavy atom. The molecule has 0 atom stereocenters. The van der Waals surface area contributed by atoms with Gasteiger partial charge >= 0.3 is 0 Å². The fourth-order valence-corrected chi connectivity index (χ4v) is 4.18. The molecule has 3 aromatic carbocycles. The van der Waals surface area contributed by atoms with Crippen LogP contribution >= 0.6 is 0 Å². The third-order valence-electron chi connectivity index (χ3n) is 6.49. The number of hydrogen-bond donors (Lipinski definition) is 1. The van der Waals surface area contributed by atoms with Crippen molar-refractivity contribution < 1.29 is 19.1 Å². The van der Waals surface area contributed by atoms with Crippen molar-refractivity contribution in [2.24, 2.45) is 0 Å². The van der Waals surface area contributed by atoms with E-state index in [1.54, 1.807) is 31.0 Å². The van der Waals surface area contributed by atoms with Gasteiger partial charge in [0.25, 0.3) is 5.91 Å². The largest absolute Gasteiger partial charge is 0.497 e. The van der Waals surface area contributed by atoms with Crippen molar-refractivity contribution >= 4 is 17.6 Å². The van der Waals surface area contributed by atoms with E-state index < -0.39 is 0 Å². The van der Waals surface area contributed by atoms with Crippen molar-refractivity contribution in [2.75, 3.05) is 39.2 Å². The number of rotatable bonds is 10. The van der Waals surface area contributed by atoms with Crippen molar-refractivity contribution in [1.29, 1.82) is 0 Å². The SMILES string of the molecule is COCCN(CC(=O)Nc1cc(C(C)(C)C)nn1-c1ccc(OC)cc1)C(=O)c1ccc(-c2ccccc2)cc1. The Kier molecular flexibility index (Phi) is 9.01. The molecule has 8 nitrogen and oxygen atoms in total. The lowest BCUT2D eigenvalue weighted by Crippen LogP contribution is -2.40. The molecule has 4 aromatic rings. The van der Waals surface area contributed by atoms with Gasteiger partial charge in [0, 0.05) is 30.7 Å². The molecular formula is C32H36N4O4. The molecule has 1 heterocycles. The fraction of sp³-hybridized carbons (Fsp3) is 0.281. The number of aromatic nitrogens is 2. The van der Waals surface area contributed by atoms with Gasteiger partial charge < -0.3 is 19.7 Å². The number of anilines is 1. The molecule has 0 spiro atoms. The lowest BCUT2D eigenvalue weighted by atomic mass is 9.92. The number of carbonyl (C=O) groups excluding carboxylic acids is 2. The first-order valence-corrected chi connectivity index (χ1v) is 13.2. The Balaban J connectivity index is 1.54. The summed E-state index contributed by atoms with van der Waals surface area (Å²) in [4.78, 5) is 28.2. The van der Waals surface area contributed by atoms with Crippen LogP contribution in [0.3, 0.4) is 0 Å². The van der Waals surface area contributed by atoms with E-state index in [9.17, 15) is 9.59 Å². The zero-order chi connectivity index (χ0) is 28.7. The number of carbonyl (C=O) groups is 2. The maximum absolute atomic E-state index is 13.4. The topological polar surface area (TPSA) is 85.7 Å². The van der Waals surface area contributed by atoms with Crippen LogP contribution in [0.4, 0.5) is 5.82 Å². The van der Waals surface area contributed by atoms with Gasteiger partial charge in [0.05, 0.1) is 25.1 Å². The van der Waals surface area contributed by atoms with Crippen LogP contribution in [0.15, 0.2) is 84.9 Å². The van der Waals surface area contributed by atoms with E-state index in [4.69, 9.17) is 14.6 Å². The summed E-state index contributed by atoms with van der Waals surface area (Å²) < 4.78 is 12.2. The van der Waals surface area contributed by atoms with Crippen LogP contribution in [0.1, 0.15) is 36.8 Å². The van der Waals surface area contributed by atoms with Crippen LogP contribution < -0.4 is 10.1 Å². The predicted octanol–water partition coefficient (Wildman–Crippen LogP) is 5.57.